The van der Waals surface area contributed by atoms with Gasteiger partial charge in [0.25, 0.3) is 0 Å². The Labute approximate surface area is 103 Å². The van der Waals surface area contributed by atoms with Gasteiger partial charge in [0, 0.05) is 18.9 Å². The molecule has 0 aromatic rings. The number of amides is 1. The number of nitrogens with one attached hydrogen (secondary N) is 1. The summed E-state index contributed by atoms with van der Waals surface area (Å²) in [5.41, 5.74) is 5.32. The van der Waals surface area contributed by atoms with Crippen LogP contribution >= 0.6 is 12.4 Å². The summed E-state index contributed by atoms with van der Waals surface area (Å²) in [7, 11) is 0. The molecular weight excluding hydrogens is 228 g/mol. The number of aliphatic hydroxyl groups is 1. The first-order valence-electron chi connectivity index (χ1n) is 5.89. The van der Waals surface area contributed by atoms with Crippen LogP contribution in [0.2, 0.25) is 0 Å². The molecule has 5 heteroatoms. The third-order valence-corrected chi connectivity index (χ3v) is 3.04. The highest BCUT2D eigenvalue weighted by Gasteiger charge is 2.22. The first-order valence-corrected chi connectivity index (χ1v) is 5.89. The second kappa shape index (κ2) is 8.79. The first-order chi connectivity index (χ1) is 7.24. The van der Waals surface area contributed by atoms with Crippen LogP contribution in [0.25, 0.3) is 0 Å². The SMILES string of the molecule is Cl.NCCCC(=O)NCC1CCCCC1O. The van der Waals surface area contributed by atoms with Gasteiger partial charge in [-0.3, -0.25) is 4.79 Å². The zero-order valence-corrected chi connectivity index (χ0v) is 10.5. The van der Waals surface area contributed by atoms with Crippen molar-refractivity contribution in [1.82, 2.24) is 5.32 Å². The molecule has 1 saturated carbocycles. The molecule has 16 heavy (non-hydrogen) atoms. The summed E-state index contributed by atoms with van der Waals surface area (Å²) in [6.45, 7) is 1.17. The van der Waals surface area contributed by atoms with Gasteiger partial charge in [0.2, 0.25) is 5.91 Å². The highest BCUT2D eigenvalue weighted by atomic mass is 35.5. The van der Waals surface area contributed by atoms with Gasteiger partial charge in [0.05, 0.1) is 6.10 Å². The van der Waals surface area contributed by atoms with E-state index in [0.717, 1.165) is 25.7 Å². The van der Waals surface area contributed by atoms with Crippen LogP contribution in [0.15, 0.2) is 0 Å². The molecule has 1 rings (SSSR count). The fourth-order valence-corrected chi connectivity index (χ4v) is 2.02. The average molecular weight is 251 g/mol. The van der Waals surface area contributed by atoms with Crippen LogP contribution in [0.1, 0.15) is 38.5 Å². The number of carbonyl (C=O) groups excluding carboxylic acids is 1. The molecule has 0 aromatic heterocycles. The van der Waals surface area contributed by atoms with Crippen molar-refractivity contribution in [3.8, 4) is 0 Å². The monoisotopic (exact) mass is 250 g/mol. The molecule has 0 radical (unpaired) electrons. The molecule has 0 aliphatic heterocycles. The normalized spacial score (nSPS) is 24.6. The van der Waals surface area contributed by atoms with E-state index in [1.807, 2.05) is 0 Å². The van der Waals surface area contributed by atoms with E-state index in [9.17, 15) is 9.90 Å². The lowest BCUT2D eigenvalue weighted by Gasteiger charge is -2.27. The van der Waals surface area contributed by atoms with Crippen LogP contribution < -0.4 is 11.1 Å². The molecule has 4 nitrogen and oxygen atoms in total. The Morgan fingerprint density at radius 3 is 2.69 bits per heavy atom. The molecule has 0 heterocycles. The predicted octanol–water partition coefficient (Wildman–Crippen LogP) is 0.814. The topological polar surface area (TPSA) is 75.4 Å². The second-order valence-electron chi connectivity index (χ2n) is 4.31. The Bertz CT molecular complexity index is 202. The van der Waals surface area contributed by atoms with E-state index in [2.05, 4.69) is 5.32 Å². The van der Waals surface area contributed by atoms with E-state index in [-0.39, 0.29) is 30.3 Å². The number of hydrogen-bond acceptors (Lipinski definition) is 3. The number of hydrogen-bond donors (Lipinski definition) is 3. The summed E-state index contributed by atoms with van der Waals surface area (Å²) in [6, 6.07) is 0. The van der Waals surface area contributed by atoms with Crippen LogP contribution in [0, 0.1) is 5.92 Å². The van der Waals surface area contributed by atoms with E-state index < -0.39 is 0 Å². The minimum absolute atomic E-state index is 0. The van der Waals surface area contributed by atoms with Crippen molar-refractivity contribution in [3.05, 3.63) is 0 Å². The molecule has 1 fully saturated rings. The fraction of sp³-hybridized carbons (Fsp3) is 0.909. The van der Waals surface area contributed by atoms with Crippen molar-refractivity contribution >= 4 is 18.3 Å². The minimum Gasteiger partial charge on any atom is -0.393 e. The minimum atomic E-state index is -0.228. The van der Waals surface area contributed by atoms with Gasteiger partial charge >= 0.3 is 0 Å². The summed E-state index contributed by atoms with van der Waals surface area (Å²) >= 11 is 0. The molecule has 1 aliphatic rings. The summed E-state index contributed by atoms with van der Waals surface area (Å²) in [4.78, 5) is 11.3. The highest BCUT2D eigenvalue weighted by molar-refractivity contribution is 5.85. The van der Waals surface area contributed by atoms with Crippen molar-refractivity contribution in [2.75, 3.05) is 13.1 Å². The molecular formula is C11H23ClN2O2. The van der Waals surface area contributed by atoms with Gasteiger partial charge in [-0.05, 0) is 25.8 Å². The van der Waals surface area contributed by atoms with Crippen LogP contribution in [-0.4, -0.2) is 30.2 Å². The Morgan fingerprint density at radius 1 is 1.38 bits per heavy atom. The van der Waals surface area contributed by atoms with Gasteiger partial charge < -0.3 is 16.2 Å². The molecule has 0 aromatic carbocycles. The summed E-state index contributed by atoms with van der Waals surface area (Å²) in [5, 5.41) is 12.5. The van der Waals surface area contributed by atoms with E-state index in [1.165, 1.54) is 6.42 Å². The third kappa shape index (κ3) is 5.68. The fourth-order valence-electron chi connectivity index (χ4n) is 2.02. The smallest absolute Gasteiger partial charge is 0.220 e. The summed E-state index contributed by atoms with van der Waals surface area (Å²) in [6.07, 6.45) is 5.19. The Hall–Kier alpha value is -0.320. The first kappa shape index (κ1) is 15.7. The van der Waals surface area contributed by atoms with E-state index >= 15 is 0 Å². The molecule has 1 amide bonds. The van der Waals surface area contributed by atoms with Gasteiger partial charge in [-0.1, -0.05) is 12.8 Å². The van der Waals surface area contributed by atoms with Gasteiger partial charge in [0.1, 0.15) is 0 Å². The molecule has 0 spiro atoms. The molecule has 2 atom stereocenters. The van der Waals surface area contributed by atoms with Gasteiger partial charge in [0.15, 0.2) is 0 Å². The van der Waals surface area contributed by atoms with E-state index in [1.54, 1.807) is 0 Å². The number of nitrogens with two attached hydrogens (primary N) is 1. The molecule has 0 bridgehead atoms. The lowest BCUT2D eigenvalue weighted by atomic mass is 9.86. The van der Waals surface area contributed by atoms with Crippen molar-refractivity contribution in [2.24, 2.45) is 11.7 Å². The van der Waals surface area contributed by atoms with Crippen molar-refractivity contribution in [1.29, 1.82) is 0 Å². The molecule has 1 aliphatic carbocycles. The van der Waals surface area contributed by atoms with E-state index in [4.69, 9.17) is 5.73 Å². The van der Waals surface area contributed by atoms with E-state index in [0.29, 0.717) is 19.5 Å². The maximum absolute atomic E-state index is 11.3. The summed E-state index contributed by atoms with van der Waals surface area (Å²) < 4.78 is 0. The lowest BCUT2D eigenvalue weighted by molar-refractivity contribution is -0.121. The van der Waals surface area contributed by atoms with Gasteiger partial charge in [-0.2, -0.15) is 0 Å². The van der Waals surface area contributed by atoms with Crippen LogP contribution in [0.5, 0.6) is 0 Å². The van der Waals surface area contributed by atoms with Gasteiger partial charge in [-0.25, -0.2) is 0 Å². The van der Waals surface area contributed by atoms with Crippen LogP contribution in [0.4, 0.5) is 0 Å². The quantitative estimate of drug-likeness (QED) is 0.676. The van der Waals surface area contributed by atoms with Crippen molar-refractivity contribution in [3.63, 3.8) is 0 Å². The molecule has 4 N–H and O–H groups in total. The zero-order chi connectivity index (χ0) is 11.1. The lowest BCUT2D eigenvalue weighted by Crippen LogP contribution is -2.36. The predicted molar refractivity (Wildman–Crippen MR) is 66.5 cm³/mol. The Morgan fingerprint density at radius 2 is 2.06 bits per heavy atom. The maximum Gasteiger partial charge on any atom is 0.220 e. The van der Waals surface area contributed by atoms with Crippen LogP contribution in [-0.2, 0) is 4.79 Å². The second-order valence-corrected chi connectivity index (χ2v) is 4.31. The molecule has 0 saturated heterocycles. The number of halogens is 1. The number of rotatable bonds is 5. The standard InChI is InChI=1S/C11H22N2O2.ClH/c12-7-3-6-11(15)13-8-9-4-1-2-5-10(9)14;/h9-10,14H,1-8,12H2,(H,13,15);1H. The molecule has 96 valence electrons. The largest absolute Gasteiger partial charge is 0.393 e. The summed E-state index contributed by atoms with van der Waals surface area (Å²) in [5.74, 6) is 0.304. The number of aliphatic hydroxyl groups excluding tert-OH is 1. The maximum atomic E-state index is 11.3. The number of carbonyl (C=O) groups is 1. The van der Waals surface area contributed by atoms with Gasteiger partial charge in [-0.15, -0.1) is 12.4 Å². The Kier molecular flexibility index (Phi) is 8.61. The zero-order valence-electron chi connectivity index (χ0n) is 9.65. The van der Waals surface area contributed by atoms with Crippen molar-refractivity contribution < 1.29 is 9.90 Å². The average Bonchev–Trinajstić information content (AvgIpc) is 2.25. The highest BCUT2D eigenvalue weighted by Crippen LogP contribution is 2.23. The molecule has 2 unspecified atom stereocenters. The third-order valence-electron chi connectivity index (χ3n) is 3.04. The van der Waals surface area contributed by atoms with Crippen molar-refractivity contribution in [2.45, 2.75) is 44.6 Å². The Balaban J connectivity index is 0.00000225. The van der Waals surface area contributed by atoms with Crippen LogP contribution in [0.3, 0.4) is 0 Å².